The van der Waals surface area contributed by atoms with Crippen LogP contribution in [0.4, 0.5) is 0 Å². The van der Waals surface area contributed by atoms with Crippen LogP contribution in [0, 0.1) is 0 Å². The second-order valence-electron chi connectivity index (χ2n) is 7.25. The molecule has 0 saturated heterocycles. The molecule has 2 amide bonds. The van der Waals surface area contributed by atoms with Gasteiger partial charge in [-0.05, 0) is 17.5 Å². The summed E-state index contributed by atoms with van der Waals surface area (Å²) in [6, 6.07) is 19.5. The Balaban J connectivity index is 1.89. The van der Waals surface area contributed by atoms with Crippen molar-refractivity contribution in [2.45, 2.75) is 39.2 Å². The van der Waals surface area contributed by atoms with Crippen molar-refractivity contribution in [1.29, 1.82) is 0 Å². The first kappa shape index (κ1) is 19.9. The monoisotopic (exact) mass is 376 g/mol. The minimum absolute atomic E-state index is 0.178. The van der Waals surface area contributed by atoms with Gasteiger partial charge in [-0.2, -0.15) is 0 Å². The van der Waals surface area contributed by atoms with Gasteiger partial charge in [-0.25, -0.2) is 0 Å². The SMILES string of the molecule is CCCCCCN1C(=O)C(c2ccccc2)=C(N(C)Cc2ccccc2)C1=O. The molecule has 1 aliphatic heterocycles. The number of hydrogen-bond acceptors (Lipinski definition) is 3. The van der Waals surface area contributed by atoms with E-state index in [0.717, 1.165) is 36.8 Å². The summed E-state index contributed by atoms with van der Waals surface area (Å²) in [5, 5.41) is 0. The summed E-state index contributed by atoms with van der Waals surface area (Å²) in [5.74, 6) is -0.360. The highest BCUT2D eigenvalue weighted by atomic mass is 16.2. The fourth-order valence-corrected chi connectivity index (χ4v) is 3.62. The zero-order valence-electron chi connectivity index (χ0n) is 16.7. The standard InChI is InChI=1S/C24H28N2O2/c1-3-4-5-12-17-26-23(27)21(20-15-10-7-11-16-20)22(24(26)28)25(2)18-19-13-8-6-9-14-19/h6-11,13-16H,3-5,12,17-18H2,1-2H3. The second-order valence-corrected chi connectivity index (χ2v) is 7.25. The van der Waals surface area contributed by atoms with E-state index in [0.29, 0.717) is 24.4 Å². The van der Waals surface area contributed by atoms with E-state index in [1.807, 2.05) is 72.6 Å². The number of carbonyl (C=O) groups is 2. The molecule has 2 aromatic carbocycles. The predicted molar refractivity (Wildman–Crippen MR) is 112 cm³/mol. The average Bonchev–Trinajstić information content (AvgIpc) is 2.97. The van der Waals surface area contributed by atoms with E-state index in [1.54, 1.807) is 0 Å². The Bertz CT molecular complexity index is 843. The molecule has 0 saturated carbocycles. The van der Waals surface area contributed by atoms with Gasteiger partial charge in [-0.15, -0.1) is 0 Å². The molecule has 0 bridgehead atoms. The lowest BCUT2D eigenvalue weighted by molar-refractivity contribution is -0.137. The van der Waals surface area contributed by atoms with Gasteiger partial charge in [-0.1, -0.05) is 86.8 Å². The third-order valence-corrected chi connectivity index (χ3v) is 5.09. The van der Waals surface area contributed by atoms with Crippen molar-refractivity contribution in [1.82, 2.24) is 9.80 Å². The molecule has 0 atom stereocenters. The topological polar surface area (TPSA) is 40.6 Å². The van der Waals surface area contributed by atoms with Crippen LogP contribution in [-0.2, 0) is 16.1 Å². The molecule has 0 spiro atoms. The minimum atomic E-state index is -0.182. The number of hydrogen-bond donors (Lipinski definition) is 0. The zero-order valence-corrected chi connectivity index (χ0v) is 16.7. The number of rotatable bonds is 9. The van der Waals surface area contributed by atoms with Crippen molar-refractivity contribution < 1.29 is 9.59 Å². The third-order valence-electron chi connectivity index (χ3n) is 5.09. The number of carbonyl (C=O) groups excluding carboxylic acids is 2. The first-order chi connectivity index (χ1) is 13.6. The Morgan fingerprint density at radius 2 is 1.46 bits per heavy atom. The van der Waals surface area contributed by atoms with Gasteiger partial charge in [0.25, 0.3) is 11.8 Å². The summed E-state index contributed by atoms with van der Waals surface area (Å²) >= 11 is 0. The average molecular weight is 377 g/mol. The number of imide groups is 1. The highest BCUT2D eigenvalue weighted by Gasteiger charge is 2.40. The molecule has 146 valence electrons. The molecule has 3 rings (SSSR count). The summed E-state index contributed by atoms with van der Waals surface area (Å²) in [7, 11) is 1.89. The quantitative estimate of drug-likeness (QED) is 0.479. The van der Waals surface area contributed by atoms with Crippen LogP contribution in [-0.4, -0.2) is 35.2 Å². The van der Waals surface area contributed by atoms with E-state index in [9.17, 15) is 9.59 Å². The lowest BCUT2D eigenvalue weighted by Crippen LogP contribution is -2.34. The van der Waals surface area contributed by atoms with E-state index >= 15 is 0 Å². The Morgan fingerprint density at radius 1 is 0.821 bits per heavy atom. The van der Waals surface area contributed by atoms with Gasteiger partial charge in [-0.3, -0.25) is 14.5 Å². The Labute approximate surface area is 167 Å². The van der Waals surface area contributed by atoms with Crippen molar-refractivity contribution in [2.75, 3.05) is 13.6 Å². The highest BCUT2D eigenvalue weighted by molar-refractivity contribution is 6.35. The molecule has 4 nitrogen and oxygen atoms in total. The third kappa shape index (κ3) is 4.33. The molecule has 1 heterocycles. The van der Waals surface area contributed by atoms with Crippen LogP contribution in [0.15, 0.2) is 66.4 Å². The molecule has 28 heavy (non-hydrogen) atoms. The predicted octanol–water partition coefficient (Wildman–Crippen LogP) is 4.48. The van der Waals surface area contributed by atoms with Gasteiger partial charge < -0.3 is 4.90 Å². The summed E-state index contributed by atoms with van der Waals surface area (Å²) in [6.07, 6.45) is 4.13. The van der Waals surface area contributed by atoms with Crippen molar-refractivity contribution in [3.8, 4) is 0 Å². The Morgan fingerprint density at radius 3 is 2.11 bits per heavy atom. The first-order valence-corrected chi connectivity index (χ1v) is 10.0. The molecule has 0 unspecified atom stereocenters. The second kappa shape index (κ2) is 9.36. The van der Waals surface area contributed by atoms with E-state index < -0.39 is 0 Å². The Hall–Kier alpha value is -2.88. The van der Waals surface area contributed by atoms with Gasteiger partial charge in [0, 0.05) is 20.1 Å². The fourth-order valence-electron chi connectivity index (χ4n) is 3.62. The molecule has 4 heteroatoms. The van der Waals surface area contributed by atoms with Gasteiger partial charge in [0.05, 0.1) is 5.57 Å². The number of nitrogens with zero attached hydrogens (tertiary/aromatic N) is 2. The lowest BCUT2D eigenvalue weighted by atomic mass is 10.0. The summed E-state index contributed by atoms with van der Waals surface area (Å²) in [6.45, 7) is 3.21. The molecule has 0 radical (unpaired) electrons. The van der Waals surface area contributed by atoms with Crippen LogP contribution in [0.25, 0.3) is 5.57 Å². The van der Waals surface area contributed by atoms with Crippen LogP contribution < -0.4 is 0 Å². The fraction of sp³-hybridized carbons (Fsp3) is 0.333. The van der Waals surface area contributed by atoms with Crippen molar-refractivity contribution in [3.63, 3.8) is 0 Å². The van der Waals surface area contributed by atoms with Crippen LogP contribution in [0.5, 0.6) is 0 Å². The number of likely N-dealkylation sites (N-methyl/N-ethyl adjacent to an activating group) is 1. The summed E-state index contributed by atoms with van der Waals surface area (Å²) in [4.78, 5) is 29.7. The van der Waals surface area contributed by atoms with Gasteiger partial charge in [0.15, 0.2) is 0 Å². The molecular weight excluding hydrogens is 348 g/mol. The molecule has 0 N–H and O–H groups in total. The molecule has 0 fully saturated rings. The smallest absolute Gasteiger partial charge is 0.277 e. The molecular formula is C24H28N2O2. The zero-order chi connectivity index (χ0) is 19.9. The first-order valence-electron chi connectivity index (χ1n) is 10.0. The van der Waals surface area contributed by atoms with Gasteiger partial charge in [0.1, 0.15) is 5.70 Å². The minimum Gasteiger partial charge on any atom is -0.365 e. The van der Waals surface area contributed by atoms with Crippen LogP contribution in [0.3, 0.4) is 0 Å². The van der Waals surface area contributed by atoms with E-state index in [1.165, 1.54) is 4.90 Å². The maximum absolute atomic E-state index is 13.2. The number of unbranched alkanes of at least 4 members (excludes halogenated alkanes) is 3. The normalized spacial score (nSPS) is 14.1. The molecule has 0 aromatic heterocycles. The highest BCUT2D eigenvalue weighted by Crippen LogP contribution is 2.32. The van der Waals surface area contributed by atoms with Gasteiger partial charge in [0.2, 0.25) is 0 Å². The molecule has 0 aliphatic carbocycles. The summed E-state index contributed by atoms with van der Waals surface area (Å²) < 4.78 is 0. The van der Waals surface area contributed by atoms with E-state index in [2.05, 4.69) is 6.92 Å². The summed E-state index contributed by atoms with van der Waals surface area (Å²) in [5.41, 5.74) is 2.91. The molecule has 2 aromatic rings. The largest absolute Gasteiger partial charge is 0.365 e. The molecule has 1 aliphatic rings. The number of benzene rings is 2. The number of amides is 2. The van der Waals surface area contributed by atoms with Gasteiger partial charge >= 0.3 is 0 Å². The van der Waals surface area contributed by atoms with Crippen LogP contribution in [0.1, 0.15) is 43.7 Å². The van der Waals surface area contributed by atoms with E-state index in [4.69, 9.17) is 0 Å². The maximum atomic E-state index is 13.2. The van der Waals surface area contributed by atoms with Crippen molar-refractivity contribution in [3.05, 3.63) is 77.5 Å². The maximum Gasteiger partial charge on any atom is 0.277 e. The van der Waals surface area contributed by atoms with Crippen molar-refractivity contribution in [2.24, 2.45) is 0 Å². The van der Waals surface area contributed by atoms with E-state index in [-0.39, 0.29) is 11.8 Å². The lowest BCUT2D eigenvalue weighted by Gasteiger charge is -2.21. The van der Waals surface area contributed by atoms with Crippen LogP contribution in [0.2, 0.25) is 0 Å². The Kier molecular flexibility index (Phi) is 6.64. The van der Waals surface area contributed by atoms with Crippen molar-refractivity contribution >= 4 is 17.4 Å². The van der Waals surface area contributed by atoms with Crippen LogP contribution >= 0.6 is 0 Å².